The van der Waals surface area contributed by atoms with Gasteiger partial charge in [-0.15, -0.1) is 0 Å². The molecule has 39 heavy (non-hydrogen) atoms. The fourth-order valence-corrected chi connectivity index (χ4v) is 5.22. The van der Waals surface area contributed by atoms with Crippen LogP contribution in [-0.2, 0) is 11.3 Å². The van der Waals surface area contributed by atoms with Gasteiger partial charge in [-0.3, -0.25) is 4.90 Å². The molecule has 0 aromatic heterocycles. The van der Waals surface area contributed by atoms with Gasteiger partial charge in [0, 0.05) is 19.0 Å². The minimum absolute atomic E-state index is 0.0348. The maximum atomic E-state index is 6.51. The van der Waals surface area contributed by atoms with Crippen LogP contribution in [0.25, 0.3) is 10.8 Å². The van der Waals surface area contributed by atoms with Gasteiger partial charge in [0.15, 0.2) is 4.96 Å². The lowest BCUT2D eigenvalue weighted by Crippen LogP contribution is -2.45. The van der Waals surface area contributed by atoms with Crippen LogP contribution < -0.4 is 9.47 Å². The van der Waals surface area contributed by atoms with Crippen molar-refractivity contribution >= 4 is 34.0 Å². The fraction of sp³-hybridized carbons (Fsp3) is 0.273. The van der Waals surface area contributed by atoms with Gasteiger partial charge >= 0.3 is 0 Å². The van der Waals surface area contributed by atoms with E-state index < -0.39 is 4.96 Å². The second-order valence-corrected chi connectivity index (χ2v) is 10.6. The van der Waals surface area contributed by atoms with Gasteiger partial charge < -0.3 is 14.2 Å². The third-order valence-electron chi connectivity index (χ3n) is 6.94. The molecule has 0 N–H and O–H groups in total. The van der Waals surface area contributed by atoms with Crippen LogP contribution in [0.15, 0.2) is 97.1 Å². The summed E-state index contributed by atoms with van der Waals surface area (Å²) in [7, 11) is 0. The number of hydrogen-bond acceptors (Lipinski definition) is 4. The highest BCUT2D eigenvalue weighted by molar-refractivity contribution is 6.43. The molecule has 1 aliphatic rings. The van der Waals surface area contributed by atoms with Crippen molar-refractivity contribution in [2.75, 3.05) is 26.3 Å². The highest BCUT2D eigenvalue weighted by atomic mass is 35.5. The Bertz CT molecular complexity index is 1400. The Morgan fingerprint density at radius 2 is 1.44 bits per heavy atom. The lowest BCUT2D eigenvalue weighted by atomic mass is 9.87. The zero-order valence-electron chi connectivity index (χ0n) is 21.6. The predicted octanol–water partition coefficient (Wildman–Crippen LogP) is 7.44. The predicted molar refractivity (Wildman–Crippen MR) is 159 cm³/mol. The number of para-hydroxylation sites is 1. The van der Waals surface area contributed by atoms with Crippen LogP contribution in [0.2, 0.25) is 0 Å². The molecule has 4 aromatic carbocycles. The summed E-state index contributed by atoms with van der Waals surface area (Å²) in [6.45, 7) is 2.66. The monoisotopic (exact) mass is 559 g/mol. The van der Waals surface area contributed by atoms with E-state index in [1.54, 1.807) is 0 Å². The van der Waals surface area contributed by atoms with E-state index in [0.717, 1.165) is 30.0 Å². The van der Waals surface area contributed by atoms with Crippen LogP contribution >= 0.6 is 23.2 Å². The summed E-state index contributed by atoms with van der Waals surface area (Å²) >= 11 is 12.5. The maximum absolute atomic E-state index is 6.51. The van der Waals surface area contributed by atoms with Gasteiger partial charge in [0.25, 0.3) is 0 Å². The summed E-state index contributed by atoms with van der Waals surface area (Å²) in [6.07, 6.45) is 0.873. The van der Waals surface area contributed by atoms with Gasteiger partial charge in [-0.2, -0.15) is 0 Å². The third-order valence-corrected chi connectivity index (χ3v) is 7.50. The molecule has 1 fully saturated rings. The maximum Gasteiger partial charge on any atom is 0.160 e. The highest BCUT2D eigenvalue weighted by Crippen LogP contribution is 2.34. The second-order valence-electron chi connectivity index (χ2n) is 9.51. The number of rotatable bonds is 9. The molecule has 2 atom stereocenters. The molecule has 5 rings (SSSR count). The lowest BCUT2D eigenvalue weighted by molar-refractivity contribution is -0.0226. The Morgan fingerprint density at radius 1 is 0.769 bits per heavy atom. The first kappa shape index (κ1) is 27.4. The topological polar surface area (TPSA) is 30.9 Å². The summed E-state index contributed by atoms with van der Waals surface area (Å²) < 4.78 is 17.9. The molecule has 2 unspecified atom stereocenters. The van der Waals surface area contributed by atoms with Crippen LogP contribution in [0, 0.1) is 11.8 Å². The summed E-state index contributed by atoms with van der Waals surface area (Å²) in [5, 5.41) is 2.44. The molecule has 4 nitrogen and oxygen atoms in total. The molecule has 0 saturated carbocycles. The smallest absolute Gasteiger partial charge is 0.160 e. The molecule has 4 aromatic rings. The molecule has 0 radical (unpaired) electrons. The molecular formula is C33H31Cl2NO3. The molecule has 0 amide bonds. The zero-order chi connectivity index (χ0) is 26.9. The summed E-state index contributed by atoms with van der Waals surface area (Å²) in [4.78, 5) is 1.51. The van der Waals surface area contributed by atoms with Crippen LogP contribution in [0.1, 0.15) is 23.5 Å². The standard InChI is InChI=1S/C33H31Cl2NO3/c34-33(35)36-19-18-31(32(23-36)39-24-25-12-13-26-8-4-5-9-28(26)22-25)27-14-16-30(17-15-27)38-21-7-6-20-37-29-10-2-1-3-11-29/h1-5,8-17,22,31-33H,18-21,23-24H2. The molecule has 1 aliphatic heterocycles. The molecule has 0 aliphatic carbocycles. The van der Waals surface area contributed by atoms with Crippen molar-refractivity contribution in [2.24, 2.45) is 0 Å². The number of benzene rings is 4. The van der Waals surface area contributed by atoms with E-state index in [9.17, 15) is 0 Å². The quantitative estimate of drug-likeness (QED) is 0.121. The first-order chi connectivity index (χ1) is 19.2. The van der Waals surface area contributed by atoms with E-state index in [4.69, 9.17) is 37.4 Å². The third kappa shape index (κ3) is 7.68. The van der Waals surface area contributed by atoms with Crippen molar-refractivity contribution in [3.8, 4) is 23.3 Å². The van der Waals surface area contributed by atoms with Crippen molar-refractivity contribution < 1.29 is 14.2 Å². The molecule has 6 heteroatoms. The van der Waals surface area contributed by atoms with Crippen molar-refractivity contribution in [1.82, 2.24) is 4.90 Å². The number of nitrogens with zero attached hydrogens (tertiary/aromatic N) is 1. The Kier molecular flexibility index (Phi) is 9.64. The molecule has 1 saturated heterocycles. The van der Waals surface area contributed by atoms with Gasteiger partial charge in [0.1, 0.15) is 24.7 Å². The van der Waals surface area contributed by atoms with E-state index in [2.05, 4.69) is 71.3 Å². The normalized spacial score (nSPS) is 17.5. The Balaban J connectivity index is 1.18. The zero-order valence-corrected chi connectivity index (χ0v) is 23.2. The number of hydrogen-bond donors (Lipinski definition) is 0. The Labute approximate surface area is 240 Å². The van der Waals surface area contributed by atoms with E-state index >= 15 is 0 Å². The SMILES string of the molecule is ClC(Cl)N1CCC(c2ccc(OCC#CCOc3ccccc3)cc2)C(OCc2ccc3ccccc3c2)C1. The Morgan fingerprint density at radius 3 is 2.15 bits per heavy atom. The van der Waals surface area contributed by atoms with Gasteiger partial charge in [0.05, 0.1) is 12.7 Å². The highest BCUT2D eigenvalue weighted by Gasteiger charge is 2.33. The van der Waals surface area contributed by atoms with E-state index in [1.165, 1.54) is 16.3 Å². The Hall–Kier alpha value is -3.20. The van der Waals surface area contributed by atoms with Crippen molar-refractivity contribution in [3.05, 3.63) is 108 Å². The minimum atomic E-state index is -0.548. The largest absolute Gasteiger partial charge is 0.481 e. The number of alkyl halides is 2. The van der Waals surface area contributed by atoms with Crippen LogP contribution in [0.3, 0.4) is 0 Å². The van der Waals surface area contributed by atoms with E-state index in [-0.39, 0.29) is 12.0 Å². The number of likely N-dealkylation sites (tertiary alicyclic amines) is 1. The lowest BCUT2D eigenvalue weighted by Gasteiger charge is -2.39. The molecular weight excluding hydrogens is 529 g/mol. The van der Waals surface area contributed by atoms with E-state index in [1.807, 2.05) is 42.5 Å². The van der Waals surface area contributed by atoms with Crippen molar-refractivity contribution in [3.63, 3.8) is 0 Å². The van der Waals surface area contributed by atoms with Crippen LogP contribution in [-0.4, -0.2) is 42.3 Å². The molecule has 0 bridgehead atoms. The van der Waals surface area contributed by atoms with Crippen LogP contribution in [0.4, 0.5) is 0 Å². The second kappa shape index (κ2) is 13.7. The van der Waals surface area contributed by atoms with Gasteiger partial charge in [-0.1, -0.05) is 102 Å². The van der Waals surface area contributed by atoms with Crippen molar-refractivity contribution in [1.29, 1.82) is 0 Å². The number of piperidine rings is 1. The minimum Gasteiger partial charge on any atom is -0.481 e. The average molecular weight is 561 g/mol. The van der Waals surface area contributed by atoms with E-state index in [0.29, 0.717) is 26.4 Å². The number of halogens is 2. The first-order valence-corrected chi connectivity index (χ1v) is 14.0. The number of fused-ring (bicyclic) bond motifs is 1. The van der Waals surface area contributed by atoms with Gasteiger partial charge in [-0.25, -0.2) is 0 Å². The summed E-state index contributed by atoms with van der Waals surface area (Å²) in [5.74, 6) is 7.81. The number of ether oxygens (including phenoxy) is 3. The summed E-state index contributed by atoms with van der Waals surface area (Å²) in [5.41, 5.74) is 2.37. The average Bonchev–Trinajstić information content (AvgIpc) is 2.98. The van der Waals surface area contributed by atoms with Crippen LogP contribution in [0.5, 0.6) is 11.5 Å². The van der Waals surface area contributed by atoms with Crippen molar-refractivity contribution in [2.45, 2.75) is 30.0 Å². The molecule has 1 heterocycles. The molecule has 200 valence electrons. The summed E-state index contributed by atoms with van der Waals surface area (Å²) in [6, 6.07) is 32.7. The fourth-order valence-electron chi connectivity index (χ4n) is 4.87. The first-order valence-electron chi connectivity index (χ1n) is 13.1. The van der Waals surface area contributed by atoms with Gasteiger partial charge in [0.2, 0.25) is 0 Å². The molecule has 0 spiro atoms. The van der Waals surface area contributed by atoms with Gasteiger partial charge in [-0.05, 0) is 58.7 Å².